The predicted octanol–water partition coefficient (Wildman–Crippen LogP) is 2.86. The fraction of sp³-hybridized carbons (Fsp3) is 0.375. The Morgan fingerprint density at radius 3 is 2.82 bits per heavy atom. The van der Waals surface area contributed by atoms with Crippen LogP contribution in [0.15, 0.2) is 28.1 Å². The van der Waals surface area contributed by atoms with Gasteiger partial charge in [-0.25, -0.2) is 0 Å². The molecule has 0 aliphatic carbocycles. The van der Waals surface area contributed by atoms with Crippen molar-refractivity contribution in [3.8, 4) is 11.5 Å². The quantitative estimate of drug-likeness (QED) is 0.850. The molecule has 1 aromatic rings. The van der Waals surface area contributed by atoms with E-state index in [9.17, 15) is 9.90 Å². The van der Waals surface area contributed by atoms with E-state index >= 15 is 0 Å². The second-order valence-electron chi connectivity index (χ2n) is 5.28. The van der Waals surface area contributed by atoms with Crippen LogP contribution in [0.25, 0.3) is 6.08 Å². The van der Waals surface area contributed by atoms with Gasteiger partial charge < -0.3 is 14.7 Å². The van der Waals surface area contributed by atoms with Crippen molar-refractivity contribution in [1.29, 1.82) is 0 Å². The lowest BCUT2D eigenvalue weighted by molar-refractivity contribution is -0.113. The minimum absolute atomic E-state index is 0.119. The molecule has 0 radical (unpaired) electrons. The Bertz CT molecular complexity index is 649. The van der Waals surface area contributed by atoms with Crippen molar-refractivity contribution >= 4 is 28.9 Å². The first-order valence-corrected chi connectivity index (χ1v) is 8.13. The van der Waals surface area contributed by atoms with Gasteiger partial charge in [-0.1, -0.05) is 0 Å². The molecule has 3 rings (SSSR count). The average Bonchev–Trinajstić information content (AvgIpc) is 2.91. The van der Waals surface area contributed by atoms with Crippen molar-refractivity contribution in [1.82, 2.24) is 4.90 Å². The molecule has 0 saturated carbocycles. The SMILES string of the molecule is COc1ccc(O)c(/C=C2\SC(N3CCCCC3)=NC2=O)c1. The van der Waals surface area contributed by atoms with E-state index in [4.69, 9.17) is 4.74 Å². The first-order valence-electron chi connectivity index (χ1n) is 7.32. The lowest BCUT2D eigenvalue weighted by Gasteiger charge is -2.27. The Morgan fingerprint density at radius 1 is 1.32 bits per heavy atom. The Labute approximate surface area is 133 Å². The van der Waals surface area contributed by atoms with Gasteiger partial charge in [0.1, 0.15) is 11.5 Å². The summed E-state index contributed by atoms with van der Waals surface area (Å²) < 4.78 is 5.15. The molecule has 0 aromatic heterocycles. The molecule has 0 unspecified atom stereocenters. The molecule has 0 spiro atoms. The molecule has 1 fully saturated rings. The van der Waals surface area contributed by atoms with Gasteiger partial charge in [-0.15, -0.1) is 0 Å². The van der Waals surface area contributed by atoms with Crippen molar-refractivity contribution < 1.29 is 14.6 Å². The summed E-state index contributed by atoms with van der Waals surface area (Å²) in [7, 11) is 1.57. The fourth-order valence-electron chi connectivity index (χ4n) is 2.53. The fourth-order valence-corrected chi connectivity index (χ4v) is 3.49. The van der Waals surface area contributed by atoms with Gasteiger partial charge in [-0.3, -0.25) is 4.79 Å². The number of methoxy groups -OCH3 is 1. The van der Waals surface area contributed by atoms with Gasteiger partial charge in [0, 0.05) is 18.7 Å². The largest absolute Gasteiger partial charge is 0.507 e. The van der Waals surface area contributed by atoms with Gasteiger partial charge in [-0.05, 0) is 55.3 Å². The second kappa shape index (κ2) is 6.44. The third-order valence-corrected chi connectivity index (χ3v) is 4.80. The zero-order chi connectivity index (χ0) is 15.5. The van der Waals surface area contributed by atoms with Gasteiger partial charge in [0.25, 0.3) is 5.91 Å². The zero-order valence-electron chi connectivity index (χ0n) is 12.4. The summed E-state index contributed by atoms with van der Waals surface area (Å²) in [6, 6.07) is 4.94. The molecule has 5 nitrogen and oxygen atoms in total. The molecule has 1 amide bonds. The van der Waals surface area contributed by atoms with Crippen LogP contribution in [0.1, 0.15) is 24.8 Å². The number of phenolic OH excluding ortho intramolecular Hbond substituents is 1. The van der Waals surface area contributed by atoms with Crippen LogP contribution in [0.4, 0.5) is 0 Å². The number of carbonyl (C=O) groups excluding carboxylic acids is 1. The third kappa shape index (κ3) is 3.11. The van der Waals surface area contributed by atoms with Gasteiger partial charge in [-0.2, -0.15) is 4.99 Å². The Hall–Kier alpha value is -1.95. The lowest BCUT2D eigenvalue weighted by atomic mass is 10.1. The van der Waals surface area contributed by atoms with E-state index in [0.717, 1.165) is 31.1 Å². The van der Waals surface area contributed by atoms with Crippen LogP contribution in [0.2, 0.25) is 0 Å². The summed E-state index contributed by atoms with van der Waals surface area (Å²) in [6.45, 7) is 1.91. The smallest absolute Gasteiger partial charge is 0.286 e. The first kappa shape index (κ1) is 15.0. The maximum absolute atomic E-state index is 12.1. The number of thioether (sulfide) groups is 1. The molecular weight excluding hydrogens is 300 g/mol. The van der Waals surface area contributed by atoms with Gasteiger partial charge in [0.2, 0.25) is 0 Å². The number of hydrogen-bond acceptors (Lipinski definition) is 5. The Balaban J connectivity index is 1.80. The third-order valence-electron chi connectivity index (χ3n) is 3.76. The van der Waals surface area contributed by atoms with Crippen LogP contribution >= 0.6 is 11.8 Å². The van der Waals surface area contributed by atoms with Crippen molar-refractivity contribution in [2.75, 3.05) is 20.2 Å². The molecule has 0 bridgehead atoms. The summed E-state index contributed by atoms with van der Waals surface area (Å²) in [5.74, 6) is 0.512. The lowest BCUT2D eigenvalue weighted by Crippen LogP contribution is -2.33. The molecule has 2 aliphatic heterocycles. The molecule has 2 aliphatic rings. The van der Waals surface area contributed by atoms with Crippen molar-refractivity contribution in [3.05, 3.63) is 28.7 Å². The van der Waals surface area contributed by atoms with E-state index in [1.807, 2.05) is 0 Å². The van der Waals surface area contributed by atoms with Gasteiger partial charge in [0.15, 0.2) is 5.17 Å². The highest BCUT2D eigenvalue weighted by atomic mass is 32.2. The number of rotatable bonds is 2. The summed E-state index contributed by atoms with van der Waals surface area (Å²) in [4.78, 5) is 18.9. The van der Waals surface area contributed by atoms with Crippen LogP contribution in [-0.4, -0.2) is 41.3 Å². The van der Waals surface area contributed by atoms with Crippen LogP contribution in [0, 0.1) is 0 Å². The van der Waals surface area contributed by atoms with E-state index in [1.165, 1.54) is 18.2 Å². The number of phenols is 1. The van der Waals surface area contributed by atoms with Gasteiger partial charge >= 0.3 is 0 Å². The molecular formula is C16H18N2O3S. The summed E-state index contributed by atoms with van der Waals surface area (Å²) in [6.07, 6.45) is 5.20. The van der Waals surface area contributed by atoms with Crippen molar-refractivity contribution in [2.24, 2.45) is 4.99 Å². The van der Waals surface area contributed by atoms with Crippen LogP contribution < -0.4 is 4.74 Å². The Morgan fingerprint density at radius 2 is 2.09 bits per heavy atom. The van der Waals surface area contributed by atoms with Crippen LogP contribution in [0.5, 0.6) is 11.5 Å². The maximum Gasteiger partial charge on any atom is 0.286 e. The highest BCUT2D eigenvalue weighted by molar-refractivity contribution is 8.18. The molecule has 116 valence electrons. The number of carbonyl (C=O) groups is 1. The number of amidine groups is 1. The first-order chi connectivity index (χ1) is 10.7. The number of ether oxygens (including phenoxy) is 1. The minimum Gasteiger partial charge on any atom is -0.507 e. The molecule has 1 N–H and O–H groups in total. The number of hydrogen-bond donors (Lipinski definition) is 1. The van der Waals surface area contributed by atoms with Gasteiger partial charge in [0.05, 0.1) is 12.0 Å². The molecule has 22 heavy (non-hydrogen) atoms. The number of nitrogens with zero attached hydrogens (tertiary/aromatic N) is 2. The maximum atomic E-state index is 12.1. The number of likely N-dealkylation sites (tertiary alicyclic amines) is 1. The molecule has 0 atom stereocenters. The van der Waals surface area contributed by atoms with Crippen molar-refractivity contribution in [2.45, 2.75) is 19.3 Å². The highest BCUT2D eigenvalue weighted by Gasteiger charge is 2.27. The van der Waals surface area contributed by atoms with E-state index in [-0.39, 0.29) is 11.7 Å². The standard InChI is InChI=1S/C16H18N2O3S/c1-21-12-5-6-13(19)11(9-12)10-14-15(20)17-16(22-14)18-7-3-2-4-8-18/h5-6,9-10,19H,2-4,7-8H2,1H3/b14-10-. The normalized spacial score (nSPS) is 20.4. The minimum atomic E-state index is -0.243. The second-order valence-corrected chi connectivity index (χ2v) is 6.29. The number of aliphatic imine (C=N–C) groups is 1. The monoisotopic (exact) mass is 318 g/mol. The number of aromatic hydroxyl groups is 1. The van der Waals surface area contributed by atoms with E-state index in [1.54, 1.807) is 31.4 Å². The average molecular weight is 318 g/mol. The van der Waals surface area contributed by atoms with Crippen molar-refractivity contribution in [3.63, 3.8) is 0 Å². The highest BCUT2D eigenvalue weighted by Crippen LogP contribution is 2.34. The summed E-state index contributed by atoms with van der Waals surface area (Å²) in [5.41, 5.74) is 0.560. The van der Waals surface area contributed by atoms with E-state index in [2.05, 4.69) is 9.89 Å². The number of amides is 1. The van der Waals surface area contributed by atoms with E-state index in [0.29, 0.717) is 16.2 Å². The molecule has 1 aromatic carbocycles. The summed E-state index contributed by atoms with van der Waals surface area (Å²) in [5, 5.41) is 10.7. The predicted molar refractivity (Wildman–Crippen MR) is 88.1 cm³/mol. The molecule has 6 heteroatoms. The summed E-state index contributed by atoms with van der Waals surface area (Å²) >= 11 is 1.38. The molecule has 2 heterocycles. The Kier molecular flexibility index (Phi) is 4.38. The number of benzene rings is 1. The van der Waals surface area contributed by atoms with Crippen LogP contribution in [-0.2, 0) is 4.79 Å². The molecule has 1 saturated heterocycles. The zero-order valence-corrected chi connectivity index (χ0v) is 13.2. The van der Waals surface area contributed by atoms with Crippen LogP contribution in [0.3, 0.4) is 0 Å². The number of piperidine rings is 1. The topological polar surface area (TPSA) is 62.1 Å². The van der Waals surface area contributed by atoms with E-state index < -0.39 is 0 Å².